The average Bonchev–Trinajstić information content (AvgIpc) is 3.24. The minimum atomic E-state index is -0.0345. The molecular formula is C21H24N2OS2. The molecule has 0 bridgehead atoms. The van der Waals surface area contributed by atoms with E-state index < -0.39 is 0 Å². The van der Waals surface area contributed by atoms with E-state index in [1.54, 1.807) is 0 Å². The zero-order chi connectivity index (χ0) is 17.8. The molecule has 0 spiro atoms. The van der Waals surface area contributed by atoms with E-state index in [0.717, 1.165) is 30.0 Å². The Labute approximate surface area is 163 Å². The molecule has 1 amide bonds. The first-order chi connectivity index (χ1) is 12.8. The van der Waals surface area contributed by atoms with Crippen molar-refractivity contribution < 1.29 is 4.79 Å². The number of para-hydroxylation sites is 2. The zero-order valence-electron chi connectivity index (χ0n) is 14.8. The Bertz CT molecular complexity index is 751. The Morgan fingerprint density at radius 2 is 1.62 bits per heavy atom. The van der Waals surface area contributed by atoms with Crippen LogP contribution in [0.25, 0.3) is 0 Å². The van der Waals surface area contributed by atoms with Crippen LogP contribution in [0.15, 0.2) is 48.5 Å². The van der Waals surface area contributed by atoms with E-state index in [-0.39, 0.29) is 5.91 Å². The van der Waals surface area contributed by atoms with E-state index in [1.165, 1.54) is 36.3 Å². The maximum absolute atomic E-state index is 12.7. The van der Waals surface area contributed by atoms with Gasteiger partial charge in [0.1, 0.15) is 0 Å². The lowest BCUT2D eigenvalue weighted by Crippen LogP contribution is -2.30. The predicted molar refractivity (Wildman–Crippen MR) is 115 cm³/mol. The van der Waals surface area contributed by atoms with Gasteiger partial charge < -0.3 is 10.2 Å². The van der Waals surface area contributed by atoms with Crippen LogP contribution in [-0.4, -0.2) is 30.5 Å². The summed E-state index contributed by atoms with van der Waals surface area (Å²) in [6.45, 7) is 2.14. The summed E-state index contributed by atoms with van der Waals surface area (Å²) in [6.07, 6.45) is 3.75. The highest BCUT2D eigenvalue weighted by Gasteiger charge is 2.19. The smallest absolute Gasteiger partial charge is 0.255 e. The Kier molecular flexibility index (Phi) is 5.75. The summed E-state index contributed by atoms with van der Waals surface area (Å²) in [5.41, 5.74) is 4.07. The molecule has 0 saturated carbocycles. The van der Waals surface area contributed by atoms with Gasteiger partial charge in [-0.1, -0.05) is 24.3 Å². The molecule has 136 valence electrons. The van der Waals surface area contributed by atoms with Crippen LogP contribution in [0.3, 0.4) is 0 Å². The summed E-state index contributed by atoms with van der Waals surface area (Å²) in [5, 5.41) is 3.12. The number of hydrogen-bond acceptors (Lipinski definition) is 4. The van der Waals surface area contributed by atoms with Crippen molar-refractivity contribution in [3.05, 3.63) is 59.7 Å². The fraction of sp³-hybridized carbons (Fsp3) is 0.381. The van der Waals surface area contributed by atoms with Gasteiger partial charge in [-0.05, 0) is 49.1 Å². The molecule has 0 unspecified atom stereocenters. The second-order valence-electron chi connectivity index (χ2n) is 6.71. The van der Waals surface area contributed by atoms with Crippen LogP contribution in [-0.2, 0) is 0 Å². The average molecular weight is 385 g/mol. The third kappa shape index (κ3) is 4.04. The highest BCUT2D eigenvalue weighted by atomic mass is 32.2. The molecular weight excluding hydrogens is 360 g/mol. The zero-order valence-corrected chi connectivity index (χ0v) is 16.5. The molecule has 2 aromatic rings. The molecule has 2 aliphatic rings. The molecule has 0 aromatic heterocycles. The maximum Gasteiger partial charge on any atom is 0.255 e. The molecule has 0 radical (unpaired) electrons. The second kappa shape index (κ2) is 8.40. The monoisotopic (exact) mass is 384 g/mol. The molecule has 3 nitrogen and oxygen atoms in total. The van der Waals surface area contributed by atoms with Crippen molar-refractivity contribution in [1.82, 2.24) is 0 Å². The Morgan fingerprint density at radius 1 is 0.923 bits per heavy atom. The number of nitrogens with one attached hydrogen (secondary N) is 1. The van der Waals surface area contributed by atoms with Gasteiger partial charge in [0.2, 0.25) is 0 Å². The number of rotatable bonds is 4. The number of piperidine rings is 1. The number of amides is 1. The van der Waals surface area contributed by atoms with Crippen molar-refractivity contribution in [3.8, 4) is 0 Å². The lowest BCUT2D eigenvalue weighted by Gasteiger charge is -2.30. The van der Waals surface area contributed by atoms with Gasteiger partial charge >= 0.3 is 0 Å². The number of anilines is 2. The van der Waals surface area contributed by atoms with Crippen LogP contribution in [0.5, 0.6) is 0 Å². The largest absolute Gasteiger partial charge is 0.370 e. The van der Waals surface area contributed by atoms with Gasteiger partial charge in [0.05, 0.1) is 16.0 Å². The van der Waals surface area contributed by atoms with E-state index in [4.69, 9.17) is 0 Å². The van der Waals surface area contributed by atoms with Crippen molar-refractivity contribution >= 4 is 40.8 Å². The number of nitrogens with zero attached hydrogens (tertiary/aromatic N) is 1. The molecule has 2 fully saturated rings. The topological polar surface area (TPSA) is 32.3 Å². The summed E-state index contributed by atoms with van der Waals surface area (Å²) in [6, 6.07) is 16.2. The summed E-state index contributed by atoms with van der Waals surface area (Å²) >= 11 is 3.97. The minimum Gasteiger partial charge on any atom is -0.370 e. The highest BCUT2D eigenvalue weighted by Crippen LogP contribution is 2.45. The number of hydrogen-bond donors (Lipinski definition) is 1. The van der Waals surface area contributed by atoms with E-state index in [1.807, 2.05) is 53.9 Å². The first kappa shape index (κ1) is 17.8. The highest BCUT2D eigenvalue weighted by molar-refractivity contribution is 8.19. The van der Waals surface area contributed by atoms with Gasteiger partial charge in [-0.3, -0.25) is 4.79 Å². The number of carbonyl (C=O) groups is 1. The van der Waals surface area contributed by atoms with Gasteiger partial charge in [-0.2, -0.15) is 0 Å². The second-order valence-corrected chi connectivity index (χ2v) is 9.44. The molecule has 2 saturated heterocycles. The molecule has 5 heteroatoms. The normalized spacial score (nSPS) is 18.1. The van der Waals surface area contributed by atoms with Crippen LogP contribution in [0.4, 0.5) is 11.4 Å². The van der Waals surface area contributed by atoms with Crippen LogP contribution < -0.4 is 10.2 Å². The van der Waals surface area contributed by atoms with E-state index >= 15 is 0 Å². The lowest BCUT2D eigenvalue weighted by molar-refractivity contribution is 0.102. The van der Waals surface area contributed by atoms with Gasteiger partial charge in [0.25, 0.3) is 5.91 Å². The Morgan fingerprint density at radius 3 is 2.35 bits per heavy atom. The lowest BCUT2D eigenvalue weighted by atomic mass is 10.1. The summed E-state index contributed by atoms with van der Waals surface area (Å²) in [5.74, 6) is 2.39. The predicted octanol–water partition coefficient (Wildman–Crippen LogP) is 5.41. The van der Waals surface area contributed by atoms with Gasteiger partial charge in [0.15, 0.2) is 0 Å². The molecule has 2 heterocycles. The summed E-state index contributed by atoms with van der Waals surface area (Å²) in [7, 11) is 0. The van der Waals surface area contributed by atoms with Crippen LogP contribution in [0, 0.1) is 0 Å². The Balaban J connectivity index is 1.47. The van der Waals surface area contributed by atoms with Crippen molar-refractivity contribution in [3.63, 3.8) is 0 Å². The van der Waals surface area contributed by atoms with Gasteiger partial charge in [0, 0.05) is 30.2 Å². The quantitative estimate of drug-likeness (QED) is 0.764. The van der Waals surface area contributed by atoms with Gasteiger partial charge in [-0.15, -0.1) is 23.5 Å². The summed E-state index contributed by atoms with van der Waals surface area (Å²) in [4.78, 5) is 15.1. The van der Waals surface area contributed by atoms with Crippen molar-refractivity contribution in [2.24, 2.45) is 0 Å². The number of carbonyl (C=O) groups excluding carboxylic acids is 1. The van der Waals surface area contributed by atoms with Crippen LogP contribution in [0.1, 0.15) is 39.8 Å². The first-order valence-corrected chi connectivity index (χ1v) is 11.4. The SMILES string of the molecule is O=C(Nc1ccccc1N1CCCCC1)c1ccc(C2SCCS2)cc1. The standard InChI is InChI=1S/C21H24N2OS2/c24-20(16-8-10-17(11-9-16)21-25-14-15-26-21)22-18-6-2-3-7-19(18)23-12-4-1-5-13-23/h2-3,6-11,21H,1,4-5,12-15H2,(H,22,24). The Hall–Kier alpha value is -1.59. The molecule has 0 aliphatic carbocycles. The molecule has 4 rings (SSSR count). The van der Waals surface area contributed by atoms with E-state index in [0.29, 0.717) is 4.58 Å². The van der Waals surface area contributed by atoms with Gasteiger partial charge in [-0.25, -0.2) is 0 Å². The number of thioether (sulfide) groups is 2. The third-order valence-corrected chi connectivity index (χ3v) is 8.02. The van der Waals surface area contributed by atoms with Crippen molar-refractivity contribution in [2.75, 3.05) is 34.8 Å². The molecule has 2 aliphatic heterocycles. The minimum absolute atomic E-state index is 0.0345. The molecule has 2 aromatic carbocycles. The third-order valence-electron chi connectivity index (χ3n) is 4.92. The number of benzene rings is 2. The van der Waals surface area contributed by atoms with Crippen molar-refractivity contribution in [1.29, 1.82) is 0 Å². The van der Waals surface area contributed by atoms with E-state index in [9.17, 15) is 4.79 Å². The molecule has 26 heavy (non-hydrogen) atoms. The molecule has 1 N–H and O–H groups in total. The van der Waals surface area contributed by atoms with Crippen LogP contribution >= 0.6 is 23.5 Å². The molecule has 0 atom stereocenters. The fourth-order valence-corrected chi connectivity index (χ4v) is 6.39. The first-order valence-electron chi connectivity index (χ1n) is 9.30. The fourth-order valence-electron chi connectivity index (χ4n) is 3.53. The van der Waals surface area contributed by atoms with Crippen molar-refractivity contribution in [2.45, 2.75) is 23.8 Å². The summed E-state index contributed by atoms with van der Waals surface area (Å²) < 4.78 is 0.520. The maximum atomic E-state index is 12.7. The van der Waals surface area contributed by atoms with E-state index in [2.05, 4.69) is 28.4 Å². The van der Waals surface area contributed by atoms with Crippen LogP contribution in [0.2, 0.25) is 0 Å².